The Morgan fingerprint density at radius 3 is 2.35 bits per heavy atom. The molecule has 2 aliphatic rings. The van der Waals surface area contributed by atoms with E-state index in [1.54, 1.807) is 35.2 Å². The van der Waals surface area contributed by atoms with Gasteiger partial charge in [-0.2, -0.15) is 0 Å². The Balaban J connectivity index is 1.21. The number of hydrogen-bond donors (Lipinski definition) is 0. The molecular weight excluding hydrogens is 437 g/mol. The number of aryl methyl sites for hydroxylation is 1. The second kappa shape index (κ2) is 8.95. The van der Waals surface area contributed by atoms with Gasteiger partial charge < -0.3 is 18.9 Å². The maximum absolute atomic E-state index is 13.3. The SMILES string of the molecule is Cc1cc(C(=O)CN2CCN(C(=O)c3ccc4c(c3)OCO4)CC2)c(C)n1-c1ccc(F)cc1. The fourth-order valence-electron chi connectivity index (χ4n) is 4.64. The van der Waals surface area contributed by atoms with E-state index in [1.165, 1.54) is 12.1 Å². The molecule has 0 saturated carbocycles. The highest BCUT2D eigenvalue weighted by atomic mass is 19.1. The third-order valence-corrected chi connectivity index (χ3v) is 6.46. The van der Waals surface area contributed by atoms with Crippen molar-refractivity contribution in [2.45, 2.75) is 13.8 Å². The van der Waals surface area contributed by atoms with Gasteiger partial charge in [0.1, 0.15) is 5.82 Å². The molecule has 0 atom stereocenters. The number of ketones is 1. The van der Waals surface area contributed by atoms with Crippen molar-refractivity contribution in [1.82, 2.24) is 14.4 Å². The third-order valence-electron chi connectivity index (χ3n) is 6.46. The molecule has 1 saturated heterocycles. The van der Waals surface area contributed by atoms with E-state index in [2.05, 4.69) is 4.90 Å². The molecule has 0 bridgehead atoms. The van der Waals surface area contributed by atoms with Gasteiger partial charge in [0, 0.05) is 54.4 Å². The van der Waals surface area contributed by atoms with Crippen LogP contribution in [-0.2, 0) is 0 Å². The van der Waals surface area contributed by atoms with Crippen molar-refractivity contribution in [2.75, 3.05) is 39.5 Å². The van der Waals surface area contributed by atoms with Crippen molar-refractivity contribution < 1.29 is 23.5 Å². The normalized spacial score (nSPS) is 15.6. The second-order valence-electron chi connectivity index (χ2n) is 8.66. The lowest BCUT2D eigenvalue weighted by atomic mass is 10.1. The average Bonchev–Trinajstić information content (AvgIpc) is 3.43. The molecule has 34 heavy (non-hydrogen) atoms. The molecule has 1 amide bonds. The summed E-state index contributed by atoms with van der Waals surface area (Å²) in [4.78, 5) is 29.9. The number of nitrogens with zero attached hydrogens (tertiary/aromatic N) is 3. The van der Waals surface area contributed by atoms with E-state index >= 15 is 0 Å². The van der Waals surface area contributed by atoms with Gasteiger partial charge in [0.05, 0.1) is 6.54 Å². The zero-order valence-electron chi connectivity index (χ0n) is 19.2. The molecule has 176 valence electrons. The topological polar surface area (TPSA) is 64.0 Å². The third kappa shape index (κ3) is 4.17. The number of Topliss-reactive ketones (excluding diaryl/α,β-unsaturated/α-hetero) is 1. The zero-order valence-corrected chi connectivity index (χ0v) is 19.2. The Morgan fingerprint density at radius 1 is 0.912 bits per heavy atom. The highest BCUT2D eigenvalue weighted by Gasteiger charge is 2.26. The van der Waals surface area contributed by atoms with Crippen LogP contribution in [0.2, 0.25) is 0 Å². The average molecular weight is 464 g/mol. The minimum absolute atomic E-state index is 0.0389. The first-order chi connectivity index (χ1) is 16.4. The van der Waals surface area contributed by atoms with Crippen molar-refractivity contribution in [2.24, 2.45) is 0 Å². The van der Waals surface area contributed by atoms with E-state index in [1.807, 2.05) is 24.5 Å². The highest BCUT2D eigenvalue weighted by molar-refractivity contribution is 5.99. The van der Waals surface area contributed by atoms with Gasteiger partial charge in [0.15, 0.2) is 17.3 Å². The largest absolute Gasteiger partial charge is 0.454 e. The number of carbonyl (C=O) groups is 2. The fourth-order valence-corrected chi connectivity index (χ4v) is 4.64. The lowest BCUT2D eigenvalue weighted by molar-refractivity contribution is 0.0624. The van der Waals surface area contributed by atoms with Gasteiger partial charge in [-0.1, -0.05) is 0 Å². The molecule has 0 spiro atoms. The van der Waals surface area contributed by atoms with Crippen LogP contribution in [0.4, 0.5) is 4.39 Å². The molecule has 0 radical (unpaired) electrons. The van der Waals surface area contributed by atoms with E-state index in [0.717, 1.165) is 17.1 Å². The fraction of sp³-hybridized carbons (Fsp3) is 0.308. The Kier molecular flexibility index (Phi) is 5.83. The van der Waals surface area contributed by atoms with Gasteiger partial charge in [0.25, 0.3) is 5.91 Å². The Morgan fingerprint density at radius 2 is 1.62 bits per heavy atom. The summed E-state index contributed by atoms with van der Waals surface area (Å²) in [6.45, 7) is 6.66. The number of carbonyl (C=O) groups excluding carboxylic acids is 2. The van der Waals surface area contributed by atoms with Gasteiger partial charge in [-0.3, -0.25) is 14.5 Å². The van der Waals surface area contributed by atoms with Crippen LogP contribution in [0.5, 0.6) is 11.5 Å². The van der Waals surface area contributed by atoms with Crippen LogP contribution < -0.4 is 9.47 Å². The van der Waals surface area contributed by atoms with Crippen LogP contribution in [0.1, 0.15) is 32.1 Å². The highest BCUT2D eigenvalue weighted by Crippen LogP contribution is 2.33. The predicted octanol–water partition coefficient (Wildman–Crippen LogP) is 3.60. The molecule has 2 aromatic carbocycles. The number of ether oxygens (including phenoxy) is 2. The summed E-state index contributed by atoms with van der Waals surface area (Å²) >= 11 is 0. The van der Waals surface area contributed by atoms with Crippen molar-refractivity contribution >= 4 is 11.7 Å². The van der Waals surface area contributed by atoms with E-state index in [4.69, 9.17) is 9.47 Å². The molecule has 0 unspecified atom stereocenters. The summed E-state index contributed by atoms with van der Waals surface area (Å²) in [5.41, 5.74) is 3.83. The number of benzene rings is 2. The number of rotatable bonds is 5. The van der Waals surface area contributed by atoms with Crippen LogP contribution in [-0.4, -0.2) is 65.6 Å². The van der Waals surface area contributed by atoms with Crippen molar-refractivity contribution in [3.05, 3.63) is 76.9 Å². The van der Waals surface area contributed by atoms with E-state index in [9.17, 15) is 14.0 Å². The number of piperazine rings is 1. The van der Waals surface area contributed by atoms with Crippen LogP contribution in [0.25, 0.3) is 5.69 Å². The quantitative estimate of drug-likeness (QED) is 0.541. The maximum atomic E-state index is 13.3. The first-order valence-corrected chi connectivity index (χ1v) is 11.3. The van der Waals surface area contributed by atoms with E-state index < -0.39 is 0 Å². The zero-order chi connectivity index (χ0) is 23.8. The Bertz CT molecular complexity index is 1240. The lowest BCUT2D eigenvalue weighted by Crippen LogP contribution is -2.49. The minimum Gasteiger partial charge on any atom is -0.454 e. The van der Waals surface area contributed by atoms with Crippen LogP contribution >= 0.6 is 0 Å². The lowest BCUT2D eigenvalue weighted by Gasteiger charge is -2.34. The molecular formula is C26H26FN3O4. The van der Waals surface area contributed by atoms with Gasteiger partial charge in [-0.15, -0.1) is 0 Å². The van der Waals surface area contributed by atoms with Crippen LogP contribution in [0.3, 0.4) is 0 Å². The smallest absolute Gasteiger partial charge is 0.254 e. The predicted molar refractivity (Wildman–Crippen MR) is 124 cm³/mol. The number of amides is 1. The molecule has 2 aliphatic heterocycles. The molecule has 8 heteroatoms. The van der Waals surface area contributed by atoms with E-state index in [0.29, 0.717) is 55.3 Å². The molecule has 1 aromatic heterocycles. The van der Waals surface area contributed by atoms with Crippen LogP contribution in [0.15, 0.2) is 48.5 Å². The Hall–Kier alpha value is -3.65. The van der Waals surface area contributed by atoms with Crippen molar-refractivity contribution in [3.63, 3.8) is 0 Å². The second-order valence-corrected chi connectivity index (χ2v) is 8.66. The van der Waals surface area contributed by atoms with Crippen LogP contribution in [0, 0.1) is 19.7 Å². The number of aromatic nitrogens is 1. The maximum Gasteiger partial charge on any atom is 0.254 e. The first kappa shape index (κ1) is 22.2. The van der Waals surface area contributed by atoms with Gasteiger partial charge in [-0.05, 0) is 62.4 Å². The minimum atomic E-state index is -0.293. The number of fused-ring (bicyclic) bond motifs is 1. The summed E-state index contributed by atoms with van der Waals surface area (Å²) < 4.78 is 26.0. The van der Waals surface area contributed by atoms with E-state index in [-0.39, 0.29) is 24.3 Å². The standard InChI is InChI=1S/C26H26FN3O4/c1-17-13-22(18(2)30(17)21-6-4-20(27)5-7-21)23(31)15-28-9-11-29(12-10-28)26(32)19-3-8-24-25(14-19)34-16-33-24/h3-8,13-14H,9-12,15-16H2,1-2H3. The molecule has 3 aromatic rings. The summed E-state index contributed by atoms with van der Waals surface area (Å²) in [6, 6.07) is 13.4. The molecule has 0 aliphatic carbocycles. The first-order valence-electron chi connectivity index (χ1n) is 11.3. The Labute approximate surface area is 197 Å². The summed E-state index contributed by atoms with van der Waals surface area (Å²) in [6.07, 6.45) is 0. The van der Waals surface area contributed by atoms with Gasteiger partial charge in [-0.25, -0.2) is 4.39 Å². The van der Waals surface area contributed by atoms with Gasteiger partial charge in [0.2, 0.25) is 6.79 Å². The summed E-state index contributed by atoms with van der Waals surface area (Å²) in [5, 5.41) is 0. The summed E-state index contributed by atoms with van der Waals surface area (Å²) in [5.74, 6) is 0.940. The molecule has 7 nitrogen and oxygen atoms in total. The summed E-state index contributed by atoms with van der Waals surface area (Å²) in [7, 11) is 0. The number of halogens is 1. The van der Waals surface area contributed by atoms with Crippen molar-refractivity contribution in [3.8, 4) is 17.2 Å². The number of hydrogen-bond acceptors (Lipinski definition) is 5. The molecule has 3 heterocycles. The van der Waals surface area contributed by atoms with Crippen molar-refractivity contribution in [1.29, 1.82) is 0 Å². The monoisotopic (exact) mass is 463 g/mol. The van der Waals surface area contributed by atoms with Gasteiger partial charge >= 0.3 is 0 Å². The molecule has 1 fully saturated rings. The molecule has 5 rings (SSSR count). The molecule has 0 N–H and O–H groups in total.